The molecule has 0 bridgehead atoms. The topological polar surface area (TPSA) is 51.2 Å². The van der Waals surface area contributed by atoms with Gasteiger partial charge >= 0.3 is 0 Å². The highest BCUT2D eigenvalue weighted by atomic mass is 16.5. The van der Waals surface area contributed by atoms with Crippen molar-refractivity contribution in [2.45, 2.75) is 0 Å². The lowest BCUT2D eigenvalue weighted by Gasteiger charge is -1.99. The number of hydrogen-bond acceptors (Lipinski definition) is 3. The van der Waals surface area contributed by atoms with Crippen LogP contribution in [0.4, 0.5) is 0 Å². The van der Waals surface area contributed by atoms with E-state index < -0.39 is 0 Å². The molecule has 1 N–H and O–H groups in total. The van der Waals surface area contributed by atoms with Gasteiger partial charge in [0.2, 0.25) is 5.91 Å². The Balaban J connectivity index is 1.65. The lowest BCUT2D eigenvalue weighted by molar-refractivity contribution is -0.116. The van der Waals surface area contributed by atoms with Gasteiger partial charge in [-0.25, -0.2) is 0 Å². The second-order valence-electron chi connectivity index (χ2n) is 4.29. The number of carbonyl (C=O) groups excluding carboxylic acids is 1. The number of rotatable bonds is 5. The highest BCUT2D eigenvalue weighted by Gasteiger charge is 1.92. The standard InChI is InChI=1S/C18H16N2O2/c21-18(11-10-16-7-2-1-3-8-16)20-13-4-5-14-22-17-9-6-12-19-15-17/h1-3,6-12,15H,13-14H2,(H,20,21)/b11-10+. The third-order valence-corrected chi connectivity index (χ3v) is 2.65. The van der Waals surface area contributed by atoms with Crippen LogP contribution in [-0.2, 0) is 4.79 Å². The molecule has 0 aliphatic rings. The molecule has 110 valence electrons. The molecule has 1 aromatic heterocycles. The average molecular weight is 292 g/mol. The first-order valence-corrected chi connectivity index (χ1v) is 6.84. The van der Waals surface area contributed by atoms with Crippen molar-refractivity contribution in [3.63, 3.8) is 0 Å². The van der Waals surface area contributed by atoms with Gasteiger partial charge in [-0.3, -0.25) is 9.78 Å². The zero-order valence-corrected chi connectivity index (χ0v) is 12.0. The molecule has 0 unspecified atom stereocenters. The summed E-state index contributed by atoms with van der Waals surface area (Å²) in [5, 5.41) is 2.68. The lowest BCUT2D eigenvalue weighted by atomic mass is 10.2. The van der Waals surface area contributed by atoms with E-state index in [4.69, 9.17) is 4.74 Å². The van der Waals surface area contributed by atoms with Crippen LogP contribution in [0.2, 0.25) is 0 Å². The fraction of sp³-hybridized carbons (Fsp3) is 0.111. The van der Waals surface area contributed by atoms with Crippen molar-refractivity contribution in [3.8, 4) is 17.6 Å². The summed E-state index contributed by atoms with van der Waals surface area (Å²) in [5.74, 6) is 6.15. The molecule has 2 rings (SSSR count). The molecule has 2 aromatic rings. The van der Waals surface area contributed by atoms with E-state index in [-0.39, 0.29) is 19.1 Å². The van der Waals surface area contributed by atoms with Gasteiger partial charge in [0.05, 0.1) is 12.7 Å². The molecule has 1 heterocycles. The minimum atomic E-state index is -0.175. The van der Waals surface area contributed by atoms with Crippen LogP contribution in [0, 0.1) is 11.8 Å². The molecule has 0 fully saturated rings. The molecule has 4 heteroatoms. The van der Waals surface area contributed by atoms with E-state index in [1.54, 1.807) is 24.5 Å². The van der Waals surface area contributed by atoms with E-state index in [1.807, 2.05) is 36.4 Å². The van der Waals surface area contributed by atoms with Crippen molar-refractivity contribution in [2.75, 3.05) is 13.2 Å². The first kappa shape index (κ1) is 15.3. The summed E-state index contributed by atoms with van der Waals surface area (Å²) >= 11 is 0. The Morgan fingerprint density at radius 3 is 2.82 bits per heavy atom. The molecule has 0 aliphatic heterocycles. The third kappa shape index (κ3) is 5.93. The van der Waals surface area contributed by atoms with Gasteiger partial charge in [0, 0.05) is 12.3 Å². The number of pyridine rings is 1. The number of ether oxygens (including phenoxy) is 1. The second-order valence-corrected chi connectivity index (χ2v) is 4.29. The summed E-state index contributed by atoms with van der Waals surface area (Å²) in [6.45, 7) is 0.551. The molecule has 0 aliphatic carbocycles. The molecule has 1 aromatic carbocycles. The van der Waals surface area contributed by atoms with Crippen LogP contribution < -0.4 is 10.1 Å². The Hall–Kier alpha value is -3.06. The molecule has 0 spiro atoms. The second kappa shape index (κ2) is 8.98. The lowest BCUT2D eigenvalue weighted by Crippen LogP contribution is -2.21. The zero-order valence-electron chi connectivity index (χ0n) is 12.0. The minimum Gasteiger partial charge on any atom is -0.479 e. The van der Waals surface area contributed by atoms with E-state index >= 15 is 0 Å². The summed E-state index contributed by atoms with van der Waals surface area (Å²) in [6.07, 6.45) is 6.55. The van der Waals surface area contributed by atoms with Crippen molar-refractivity contribution in [1.82, 2.24) is 10.3 Å². The van der Waals surface area contributed by atoms with E-state index in [2.05, 4.69) is 22.1 Å². The number of amides is 1. The van der Waals surface area contributed by atoms with E-state index in [0.717, 1.165) is 5.56 Å². The van der Waals surface area contributed by atoms with E-state index in [9.17, 15) is 4.79 Å². The Bertz CT molecular complexity index is 670. The zero-order chi connectivity index (χ0) is 15.5. The first-order chi connectivity index (χ1) is 10.8. The van der Waals surface area contributed by atoms with Crippen LogP contribution in [0.15, 0.2) is 60.9 Å². The number of carbonyl (C=O) groups is 1. The normalized spacial score (nSPS) is 9.82. The molecule has 4 nitrogen and oxygen atoms in total. The van der Waals surface area contributed by atoms with Gasteiger partial charge in [-0.2, -0.15) is 0 Å². The smallest absolute Gasteiger partial charge is 0.244 e. The summed E-state index contributed by atoms with van der Waals surface area (Å²) < 4.78 is 5.36. The van der Waals surface area contributed by atoms with Crippen LogP contribution in [-0.4, -0.2) is 24.0 Å². The van der Waals surface area contributed by atoms with Gasteiger partial charge in [0.25, 0.3) is 0 Å². The number of benzene rings is 1. The molecule has 0 saturated heterocycles. The summed E-state index contributed by atoms with van der Waals surface area (Å²) in [6, 6.07) is 13.2. The summed E-state index contributed by atoms with van der Waals surface area (Å²) in [7, 11) is 0. The van der Waals surface area contributed by atoms with Crippen molar-refractivity contribution < 1.29 is 9.53 Å². The van der Waals surface area contributed by atoms with Crippen molar-refractivity contribution in [2.24, 2.45) is 0 Å². The van der Waals surface area contributed by atoms with Crippen molar-refractivity contribution in [1.29, 1.82) is 0 Å². The molecular formula is C18H16N2O2. The fourth-order valence-electron chi connectivity index (χ4n) is 1.59. The SMILES string of the molecule is O=C(/C=C/c1ccccc1)NCC#CCOc1cccnc1. The maximum absolute atomic E-state index is 11.6. The quantitative estimate of drug-likeness (QED) is 0.679. The van der Waals surface area contributed by atoms with E-state index in [0.29, 0.717) is 5.75 Å². The monoisotopic (exact) mass is 292 g/mol. The maximum Gasteiger partial charge on any atom is 0.244 e. The number of hydrogen-bond donors (Lipinski definition) is 1. The van der Waals surface area contributed by atoms with Gasteiger partial charge in [-0.15, -0.1) is 0 Å². The van der Waals surface area contributed by atoms with Gasteiger partial charge < -0.3 is 10.1 Å². The Morgan fingerprint density at radius 1 is 1.18 bits per heavy atom. The van der Waals surface area contributed by atoms with Crippen LogP contribution >= 0.6 is 0 Å². The van der Waals surface area contributed by atoms with Crippen LogP contribution in [0.3, 0.4) is 0 Å². The van der Waals surface area contributed by atoms with Crippen LogP contribution in [0.25, 0.3) is 6.08 Å². The molecule has 0 atom stereocenters. The van der Waals surface area contributed by atoms with Gasteiger partial charge in [0.15, 0.2) is 0 Å². The van der Waals surface area contributed by atoms with Gasteiger partial charge in [-0.05, 0) is 23.8 Å². The summed E-state index contributed by atoms with van der Waals surface area (Å²) in [4.78, 5) is 15.5. The van der Waals surface area contributed by atoms with Crippen molar-refractivity contribution in [3.05, 3.63) is 66.5 Å². The van der Waals surface area contributed by atoms with Crippen molar-refractivity contribution >= 4 is 12.0 Å². The predicted octanol–water partition coefficient (Wildman–Crippen LogP) is 2.29. The maximum atomic E-state index is 11.6. The predicted molar refractivity (Wildman–Crippen MR) is 86.0 cm³/mol. The van der Waals surface area contributed by atoms with Crippen LogP contribution in [0.1, 0.15) is 5.56 Å². The van der Waals surface area contributed by atoms with E-state index in [1.165, 1.54) is 6.08 Å². The van der Waals surface area contributed by atoms with Gasteiger partial charge in [-0.1, -0.05) is 42.2 Å². The average Bonchev–Trinajstić information content (AvgIpc) is 2.58. The third-order valence-electron chi connectivity index (χ3n) is 2.65. The Morgan fingerprint density at radius 2 is 2.05 bits per heavy atom. The summed E-state index contributed by atoms with van der Waals surface area (Å²) in [5.41, 5.74) is 0.980. The van der Waals surface area contributed by atoms with Gasteiger partial charge in [0.1, 0.15) is 12.4 Å². The number of nitrogens with one attached hydrogen (secondary N) is 1. The molecular weight excluding hydrogens is 276 g/mol. The Labute approximate surface area is 129 Å². The number of aromatic nitrogens is 1. The highest BCUT2D eigenvalue weighted by Crippen LogP contribution is 2.04. The molecule has 0 saturated carbocycles. The first-order valence-electron chi connectivity index (χ1n) is 6.84. The fourth-order valence-corrected chi connectivity index (χ4v) is 1.59. The number of nitrogens with zero attached hydrogens (tertiary/aromatic N) is 1. The molecule has 0 radical (unpaired) electrons. The largest absolute Gasteiger partial charge is 0.479 e. The molecule has 1 amide bonds. The molecule has 22 heavy (non-hydrogen) atoms. The highest BCUT2D eigenvalue weighted by molar-refractivity contribution is 5.91. The Kier molecular flexibility index (Phi) is 6.26. The van der Waals surface area contributed by atoms with Crippen LogP contribution in [0.5, 0.6) is 5.75 Å². The minimum absolute atomic E-state index is 0.175.